The number of H-pyrrole nitrogens is 3. The van der Waals surface area contributed by atoms with Crippen LogP contribution < -0.4 is 16.6 Å². The predicted molar refractivity (Wildman–Crippen MR) is 66.1 cm³/mol. The number of aromatic nitrogens is 4. The first-order chi connectivity index (χ1) is 9.52. The number of aliphatic hydroxyl groups is 3. The summed E-state index contributed by atoms with van der Waals surface area (Å²) in [5.41, 5.74) is -0.933. The van der Waals surface area contributed by atoms with E-state index in [0.717, 1.165) is 0 Å². The molecule has 0 saturated carbocycles. The number of hydrogen-bond acceptors (Lipinski definition) is 7. The highest BCUT2D eigenvalue weighted by Crippen LogP contribution is 2.28. The van der Waals surface area contributed by atoms with Crippen LogP contribution in [0.1, 0.15) is 11.7 Å². The Morgan fingerprint density at radius 3 is 2.55 bits per heavy atom. The van der Waals surface area contributed by atoms with Crippen LogP contribution in [0.15, 0.2) is 9.59 Å². The van der Waals surface area contributed by atoms with Gasteiger partial charge < -0.3 is 20.3 Å². The summed E-state index contributed by atoms with van der Waals surface area (Å²) in [6, 6.07) is -1.49. The molecule has 0 amide bonds. The molecule has 1 aliphatic rings. The molecule has 0 radical (unpaired) electrons. The summed E-state index contributed by atoms with van der Waals surface area (Å²) in [5.74, 6) is 0. The fourth-order valence-corrected chi connectivity index (χ4v) is 2.46. The Hall–Kier alpha value is -2.01. The van der Waals surface area contributed by atoms with Crippen molar-refractivity contribution in [3.8, 4) is 0 Å². The molecule has 1 saturated heterocycles. The molecule has 0 aliphatic carbocycles. The van der Waals surface area contributed by atoms with Gasteiger partial charge in [-0.3, -0.25) is 20.2 Å². The Morgan fingerprint density at radius 1 is 1.15 bits per heavy atom. The summed E-state index contributed by atoms with van der Waals surface area (Å²) in [6.07, 6.45) is -2.38. The Kier molecular flexibility index (Phi) is 2.94. The molecule has 2 aromatic rings. The molecular formula is C10H13N5O5. The first-order valence-electron chi connectivity index (χ1n) is 5.96. The second-order valence-corrected chi connectivity index (χ2v) is 4.68. The monoisotopic (exact) mass is 283 g/mol. The predicted octanol–water partition coefficient (Wildman–Crippen LogP) is -3.33. The maximum absolute atomic E-state index is 11.6. The normalized spacial score (nSPS) is 30.1. The van der Waals surface area contributed by atoms with Crippen molar-refractivity contribution < 1.29 is 15.3 Å². The fourth-order valence-electron chi connectivity index (χ4n) is 2.46. The summed E-state index contributed by atoms with van der Waals surface area (Å²) in [5, 5.41) is 38.0. The van der Waals surface area contributed by atoms with E-state index in [1.807, 2.05) is 4.98 Å². The second kappa shape index (κ2) is 4.52. The maximum atomic E-state index is 11.6. The van der Waals surface area contributed by atoms with E-state index in [1.54, 1.807) is 0 Å². The maximum Gasteiger partial charge on any atom is 0.326 e. The average Bonchev–Trinajstić information content (AvgIpc) is 2.93. The molecule has 108 valence electrons. The number of rotatable bonds is 2. The van der Waals surface area contributed by atoms with E-state index < -0.39 is 35.5 Å². The van der Waals surface area contributed by atoms with Crippen LogP contribution in [0.4, 0.5) is 0 Å². The van der Waals surface area contributed by atoms with Gasteiger partial charge >= 0.3 is 5.69 Å². The van der Waals surface area contributed by atoms with Crippen LogP contribution in [0.5, 0.6) is 0 Å². The van der Waals surface area contributed by atoms with Crippen molar-refractivity contribution >= 4 is 11.0 Å². The standard InChI is InChI=1S/C10H13N5O5/c16-1-2-7(17)8(18)5(11-2)4-3-6(15-14-4)9(19)13-10(20)12-3/h2,5,7-8,11,16-18H,1H2,(H,14,15)(H2,12,13,19,20)/t2-,5+,7-,8+/m1/s1. The van der Waals surface area contributed by atoms with Gasteiger partial charge in [-0.05, 0) is 0 Å². The number of nitrogens with one attached hydrogen (secondary N) is 4. The van der Waals surface area contributed by atoms with Crippen LogP contribution in [0.25, 0.3) is 11.0 Å². The lowest BCUT2D eigenvalue weighted by Gasteiger charge is -2.14. The minimum absolute atomic E-state index is 0.00413. The SMILES string of the molecule is O=c1[nH]c(=O)c2n[nH]c([C@@H]3N[C@H](CO)[C@@H](O)[C@H]3O)c2[nH]1. The number of nitrogens with zero attached hydrogens (tertiary/aromatic N) is 1. The molecule has 0 unspecified atom stereocenters. The molecule has 3 heterocycles. The second-order valence-electron chi connectivity index (χ2n) is 4.68. The minimum Gasteiger partial charge on any atom is -0.395 e. The van der Waals surface area contributed by atoms with Gasteiger partial charge in [0.2, 0.25) is 0 Å². The van der Waals surface area contributed by atoms with E-state index in [9.17, 15) is 19.8 Å². The van der Waals surface area contributed by atoms with Gasteiger partial charge in [0, 0.05) is 0 Å². The molecule has 7 N–H and O–H groups in total. The Morgan fingerprint density at radius 2 is 1.90 bits per heavy atom. The van der Waals surface area contributed by atoms with Gasteiger partial charge in [-0.25, -0.2) is 4.79 Å². The zero-order chi connectivity index (χ0) is 14.4. The van der Waals surface area contributed by atoms with Crippen LogP contribution in [-0.2, 0) is 0 Å². The van der Waals surface area contributed by atoms with Gasteiger partial charge in [-0.1, -0.05) is 0 Å². The van der Waals surface area contributed by atoms with Gasteiger partial charge in [-0.15, -0.1) is 0 Å². The van der Waals surface area contributed by atoms with Gasteiger partial charge in [0.15, 0.2) is 5.52 Å². The van der Waals surface area contributed by atoms with Crippen molar-refractivity contribution in [3.63, 3.8) is 0 Å². The molecule has 0 spiro atoms. The smallest absolute Gasteiger partial charge is 0.326 e. The quantitative estimate of drug-likeness (QED) is 0.302. The lowest BCUT2D eigenvalue weighted by Crippen LogP contribution is -2.35. The summed E-state index contributed by atoms with van der Waals surface area (Å²) in [4.78, 5) is 27.3. The summed E-state index contributed by atoms with van der Waals surface area (Å²) >= 11 is 0. The number of aromatic amines is 3. The lowest BCUT2D eigenvalue weighted by molar-refractivity contribution is 0.0191. The van der Waals surface area contributed by atoms with E-state index >= 15 is 0 Å². The molecular weight excluding hydrogens is 270 g/mol. The van der Waals surface area contributed by atoms with E-state index in [4.69, 9.17) is 5.11 Å². The zero-order valence-corrected chi connectivity index (χ0v) is 10.1. The highest BCUT2D eigenvalue weighted by Gasteiger charge is 2.43. The molecule has 10 heteroatoms. The molecule has 0 bridgehead atoms. The van der Waals surface area contributed by atoms with E-state index in [0.29, 0.717) is 0 Å². The molecule has 1 fully saturated rings. The number of aliphatic hydroxyl groups excluding tert-OH is 3. The fraction of sp³-hybridized carbons (Fsp3) is 0.500. The third kappa shape index (κ3) is 1.78. The van der Waals surface area contributed by atoms with E-state index in [2.05, 4.69) is 20.5 Å². The Labute approximate surface area is 110 Å². The van der Waals surface area contributed by atoms with Crippen LogP contribution >= 0.6 is 0 Å². The van der Waals surface area contributed by atoms with Crippen molar-refractivity contribution in [1.29, 1.82) is 0 Å². The molecule has 2 aromatic heterocycles. The highest BCUT2D eigenvalue weighted by molar-refractivity contribution is 5.76. The molecule has 4 atom stereocenters. The third-order valence-corrected chi connectivity index (χ3v) is 3.48. The number of fused-ring (bicyclic) bond motifs is 1. The average molecular weight is 283 g/mol. The van der Waals surface area contributed by atoms with Gasteiger partial charge in [0.05, 0.1) is 36.0 Å². The van der Waals surface area contributed by atoms with Gasteiger partial charge in [-0.2, -0.15) is 5.10 Å². The molecule has 0 aromatic carbocycles. The molecule has 10 nitrogen and oxygen atoms in total. The molecule has 1 aliphatic heterocycles. The van der Waals surface area contributed by atoms with E-state index in [1.165, 1.54) is 0 Å². The topological polar surface area (TPSA) is 167 Å². The zero-order valence-electron chi connectivity index (χ0n) is 10.1. The first kappa shape index (κ1) is 13.0. The van der Waals surface area contributed by atoms with Gasteiger partial charge in [0.25, 0.3) is 5.56 Å². The first-order valence-corrected chi connectivity index (χ1v) is 5.96. The third-order valence-electron chi connectivity index (χ3n) is 3.48. The molecule has 20 heavy (non-hydrogen) atoms. The van der Waals surface area contributed by atoms with Crippen LogP contribution in [0.2, 0.25) is 0 Å². The summed E-state index contributed by atoms with van der Waals surface area (Å²) < 4.78 is 0. The summed E-state index contributed by atoms with van der Waals surface area (Å²) in [7, 11) is 0. The van der Waals surface area contributed by atoms with Crippen molar-refractivity contribution in [2.75, 3.05) is 6.61 Å². The Balaban J connectivity index is 2.12. The largest absolute Gasteiger partial charge is 0.395 e. The van der Waals surface area contributed by atoms with Crippen LogP contribution in [0, 0.1) is 0 Å². The van der Waals surface area contributed by atoms with Crippen molar-refractivity contribution in [1.82, 2.24) is 25.5 Å². The Bertz CT molecular complexity index is 748. The van der Waals surface area contributed by atoms with E-state index in [-0.39, 0.29) is 23.3 Å². The van der Waals surface area contributed by atoms with Crippen LogP contribution in [0.3, 0.4) is 0 Å². The van der Waals surface area contributed by atoms with Gasteiger partial charge in [0.1, 0.15) is 6.10 Å². The lowest BCUT2D eigenvalue weighted by atomic mass is 10.1. The van der Waals surface area contributed by atoms with Crippen molar-refractivity contribution in [3.05, 3.63) is 26.5 Å². The van der Waals surface area contributed by atoms with Crippen LogP contribution in [-0.4, -0.2) is 60.3 Å². The minimum atomic E-state index is -1.21. The van der Waals surface area contributed by atoms with Crippen molar-refractivity contribution in [2.45, 2.75) is 24.3 Å². The van der Waals surface area contributed by atoms with Crippen molar-refractivity contribution in [2.24, 2.45) is 0 Å². The molecule has 3 rings (SSSR count). The number of hydrogen-bond donors (Lipinski definition) is 7. The highest BCUT2D eigenvalue weighted by atomic mass is 16.3. The summed E-state index contributed by atoms with van der Waals surface area (Å²) in [6.45, 7) is -0.363.